The summed E-state index contributed by atoms with van der Waals surface area (Å²) in [6.07, 6.45) is 5.75. The number of benzene rings is 1. The molecule has 1 heterocycles. The maximum atomic E-state index is 13.2. The molecule has 2 fully saturated rings. The smallest absolute Gasteiger partial charge is 0.316 e. The van der Waals surface area contributed by atoms with Crippen LogP contribution in [0.1, 0.15) is 45.6 Å². The molecule has 1 aliphatic heterocycles. The Morgan fingerprint density at radius 2 is 2.06 bits per heavy atom. The van der Waals surface area contributed by atoms with Crippen molar-refractivity contribution in [1.29, 1.82) is 0 Å². The van der Waals surface area contributed by atoms with Gasteiger partial charge in [-0.1, -0.05) is 40.6 Å². The van der Waals surface area contributed by atoms with Gasteiger partial charge in [-0.25, -0.2) is 0 Å². The normalized spacial score (nSPS) is 31.1. The van der Waals surface area contributed by atoms with Crippen LogP contribution < -0.4 is 9.47 Å². The van der Waals surface area contributed by atoms with Gasteiger partial charge < -0.3 is 24.2 Å². The van der Waals surface area contributed by atoms with Gasteiger partial charge in [0.25, 0.3) is 0 Å². The second-order valence-electron chi connectivity index (χ2n) is 8.94. The summed E-state index contributed by atoms with van der Waals surface area (Å²) in [4.78, 5) is 15.4. The first kappa shape index (κ1) is 24.1. The van der Waals surface area contributed by atoms with E-state index < -0.39 is 15.3 Å². The zero-order chi connectivity index (χ0) is 22.9. The number of carbonyl (C=O) groups excluding carboxylic acids is 1. The van der Waals surface area contributed by atoms with Gasteiger partial charge in [0.1, 0.15) is 11.0 Å². The highest BCUT2D eigenvalue weighted by molar-refractivity contribution is 9.10. The first-order valence-corrected chi connectivity index (χ1v) is 11.7. The second-order valence-corrected chi connectivity index (χ2v) is 10.5. The van der Waals surface area contributed by atoms with E-state index in [-0.39, 0.29) is 18.7 Å². The topological polar surface area (TPSA) is 68.2 Å². The van der Waals surface area contributed by atoms with Crippen molar-refractivity contribution in [3.63, 3.8) is 0 Å². The molecule has 2 aliphatic rings. The van der Waals surface area contributed by atoms with E-state index >= 15 is 0 Å². The molecule has 0 spiro atoms. The van der Waals surface area contributed by atoms with Crippen molar-refractivity contribution < 1.29 is 24.1 Å². The van der Waals surface area contributed by atoms with Gasteiger partial charge in [0.05, 0.1) is 24.1 Å². The Hall–Kier alpha value is -1.57. The Morgan fingerprint density at radius 3 is 2.71 bits per heavy atom. The van der Waals surface area contributed by atoms with Crippen LogP contribution in [0.3, 0.4) is 0 Å². The van der Waals surface area contributed by atoms with Crippen LogP contribution in [0.15, 0.2) is 24.3 Å². The number of esters is 1. The van der Waals surface area contributed by atoms with Crippen LogP contribution in [-0.4, -0.2) is 65.9 Å². The Labute approximate surface area is 193 Å². The van der Waals surface area contributed by atoms with E-state index in [1.165, 1.54) is 0 Å². The molecule has 1 aliphatic carbocycles. The van der Waals surface area contributed by atoms with E-state index in [1.54, 1.807) is 20.1 Å². The predicted molar refractivity (Wildman–Crippen MR) is 125 cm³/mol. The van der Waals surface area contributed by atoms with Crippen molar-refractivity contribution in [1.82, 2.24) is 4.90 Å². The minimum Gasteiger partial charge on any atom is -0.493 e. The molecule has 1 saturated heterocycles. The van der Waals surface area contributed by atoms with E-state index in [1.807, 2.05) is 45.2 Å². The van der Waals surface area contributed by atoms with E-state index in [9.17, 15) is 9.90 Å². The number of aliphatic hydroxyl groups is 1. The average Bonchev–Trinajstić information content (AvgIpc) is 2.69. The van der Waals surface area contributed by atoms with Gasteiger partial charge in [0, 0.05) is 18.7 Å². The van der Waals surface area contributed by atoms with Crippen LogP contribution in [0.2, 0.25) is 0 Å². The molecule has 0 unspecified atom stereocenters. The van der Waals surface area contributed by atoms with Crippen molar-refractivity contribution >= 4 is 28.0 Å². The van der Waals surface area contributed by atoms with Crippen molar-refractivity contribution in [3.8, 4) is 11.5 Å². The van der Waals surface area contributed by atoms with Gasteiger partial charge in [0.2, 0.25) is 0 Å². The summed E-state index contributed by atoms with van der Waals surface area (Å²) >= 11 is 3.86. The Bertz CT molecular complexity index is 843. The zero-order valence-electron chi connectivity index (χ0n) is 19.1. The monoisotopic (exact) mass is 495 g/mol. The van der Waals surface area contributed by atoms with Gasteiger partial charge in [-0.15, -0.1) is 0 Å². The second kappa shape index (κ2) is 9.12. The third-order valence-electron chi connectivity index (χ3n) is 6.40. The van der Waals surface area contributed by atoms with Gasteiger partial charge in [-0.05, 0) is 52.8 Å². The lowest BCUT2D eigenvalue weighted by molar-refractivity contribution is -0.193. The fourth-order valence-electron chi connectivity index (χ4n) is 5.12. The molecular weight excluding hydrogens is 462 g/mol. The average molecular weight is 496 g/mol. The van der Waals surface area contributed by atoms with E-state index in [0.29, 0.717) is 31.0 Å². The molecule has 0 radical (unpaired) electrons. The molecule has 1 aromatic carbocycles. The molecule has 1 N–H and O–H groups in total. The molecule has 31 heavy (non-hydrogen) atoms. The van der Waals surface area contributed by atoms with Crippen molar-refractivity contribution in [2.45, 2.75) is 56.1 Å². The third-order valence-corrected chi connectivity index (χ3v) is 7.65. The van der Waals surface area contributed by atoms with Gasteiger partial charge in [0.15, 0.2) is 11.5 Å². The highest BCUT2D eigenvalue weighted by Gasteiger charge is 2.69. The van der Waals surface area contributed by atoms with Crippen LogP contribution in [0.25, 0.3) is 6.08 Å². The number of carbonyl (C=O) groups is 1. The number of nitrogens with zero attached hydrogens (tertiary/aromatic N) is 1. The van der Waals surface area contributed by atoms with E-state index in [0.717, 1.165) is 18.4 Å². The number of likely N-dealkylation sites (tertiary alicyclic amines) is 1. The van der Waals surface area contributed by atoms with Gasteiger partial charge in [-0.3, -0.25) is 4.79 Å². The minimum atomic E-state index is -1.42. The van der Waals surface area contributed by atoms with E-state index in [4.69, 9.17) is 14.2 Å². The molecule has 172 valence electrons. The number of rotatable bonds is 7. The molecule has 1 saturated carbocycles. The van der Waals surface area contributed by atoms with Crippen molar-refractivity contribution in [2.24, 2.45) is 5.41 Å². The Morgan fingerprint density at radius 1 is 1.32 bits per heavy atom. The number of hydrogen-bond donors (Lipinski definition) is 1. The summed E-state index contributed by atoms with van der Waals surface area (Å²) in [7, 11) is 3.59. The highest BCUT2D eigenvalue weighted by Crippen LogP contribution is 2.58. The lowest BCUT2D eigenvalue weighted by atomic mass is 9.55. The summed E-state index contributed by atoms with van der Waals surface area (Å²) in [5.41, 5.74) is -1.69. The zero-order valence-corrected chi connectivity index (χ0v) is 20.7. The summed E-state index contributed by atoms with van der Waals surface area (Å²) in [5, 5.41) is 12.2. The maximum absolute atomic E-state index is 13.2. The Balaban J connectivity index is 2.11. The van der Waals surface area contributed by atoms with Crippen LogP contribution >= 0.6 is 15.9 Å². The van der Waals surface area contributed by atoms with Crippen LogP contribution in [0, 0.1) is 5.41 Å². The molecule has 2 bridgehead atoms. The third kappa shape index (κ3) is 4.12. The highest BCUT2D eigenvalue weighted by atomic mass is 79.9. The molecular formula is C24H34BrNO5. The SMILES string of the molecule is CCOC(=O)[C@]12CCC[C@](Br)(CN(C)C1)[C@]2(O)C=Cc1cccc(OC)c1OC(C)C. The van der Waals surface area contributed by atoms with Gasteiger partial charge in [-0.2, -0.15) is 0 Å². The first-order chi connectivity index (χ1) is 14.6. The summed E-state index contributed by atoms with van der Waals surface area (Å²) < 4.78 is 16.3. The largest absolute Gasteiger partial charge is 0.493 e. The fourth-order valence-corrected chi connectivity index (χ4v) is 6.34. The molecule has 7 heteroatoms. The number of hydrogen-bond acceptors (Lipinski definition) is 6. The minimum absolute atomic E-state index is 0.0392. The molecule has 6 nitrogen and oxygen atoms in total. The number of ether oxygens (including phenoxy) is 3. The van der Waals surface area contributed by atoms with Crippen LogP contribution in [-0.2, 0) is 9.53 Å². The van der Waals surface area contributed by atoms with Crippen LogP contribution in [0.5, 0.6) is 11.5 Å². The maximum Gasteiger partial charge on any atom is 0.316 e. The number of alkyl halides is 1. The summed E-state index contributed by atoms with van der Waals surface area (Å²) in [5.74, 6) is 0.897. The molecule has 0 aromatic heterocycles. The number of methoxy groups -OCH3 is 1. The first-order valence-electron chi connectivity index (χ1n) is 10.9. The predicted octanol–water partition coefficient (Wildman–Crippen LogP) is 4.04. The number of piperidine rings is 1. The molecule has 3 atom stereocenters. The molecule has 1 aromatic rings. The van der Waals surface area contributed by atoms with E-state index in [2.05, 4.69) is 20.8 Å². The van der Waals surface area contributed by atoms with Crippen molar-refractivity contribution in [2.75, 3.05) is 33.9 Å². The standard InChI is InChI=1S/C24H34BrNO5/c1-6-30-21(27)22-12-8-13-23(25,16-26(4)15-22)24(22,28)14-11-18-9-7-10-19(29-5)20(18)31-17(2)3/h7,9-11,14,17,28H,6,8,12-13,15-16H2,1-5H3/t22-,23-,24-/m0/s1. The number of para-hydroxylation sites is 1. The lowest BCUT2D eigenvalue weighted by Gasteiger charge is -2.61. The number of halogens is 1. The summed E-state index contributed by atoms with van der Waals surface area (Å²) in [6, 6.07) is 5.65. The van der Waals surface area contributed by atoms with Crippen LogP contribution in [0.4, 0.5) is 0 Å². The summed E-state index contributed by atoms with van der Waals surface area (Å²) in [6.45, 7) is 7.06. The lowest BCUT2D eigenvalue weighted by Crippen LogP contribution is -2.74. The quantitative estimate of drug-likeness (QED) is 0.454. The Kier molecular flexibility index (Phi) is 7.08. The molecule has 0 amide bonds. The molecule has 3 rings (SSSR count). The van der Waals surface area contributed by atoms with Crippen molar-refractivity contribution in [3.05, 3.63) is 29.8 Å². The fraction of sp³-hybridized carbons (Fsp3) is 0.625. The number of fused-ring (bicyclic) bond motifs is 2. The van der Waals surface area contributed by atoms with Gasteiger partial charge >= 0.3 is 5.97 Å².